The third kappa shape index (κ3) is 2.00. The highest BCUT2D eigenvalue weighted by Crippen LogP contribution is 2.12. The van der Waals surface area contributed by atoms with E-state index in [0.29, 0.717) is 5.75 Å². The van der Waals surface area contributed by atoms with Crippen LogP contribution in [0.25, 0.3) is 0 Å². The zero-order valence-corrected chi connectivity index (χ0v) is 6.19. The van der Waals surface area contributed by atoms with E-state index in [9.17, 15) is 0 Å². The Bertz CT molecular complexity index is 307. The lowest BCUT2D eigenvalue weighted by molar-refractivity contribution is 0.397. The molecule has 0 aliphatic carbocycles. The fraction of sp³-hybridized carbons (Fsp3) is 0. The summed E-state index contributed by atoms with van der Waals surface area (Å²) in [5, 5.41) is 16.7. The first-order valence-corrected chi connectivity index (χ1v) is 3.27. The van der Waals surface area contributed by atoms with E-state index in [0.717, 1.165) is 0 Å². The minimum absolute atomic E-state index is 0.249. The summed E-state index contributed by atoms with van der Waals surface area (Å²) in [5.74, 6) is 0.496. The van der Waals surface area contributed by atoms with Gasteiger partial charge in [0, 0.05) is 0 Å². The molecule has 12 heavy (non-hydrogen) atoms. The second-order valence-electron chi connectivity index (χ2n) is 1.97. The Hall–Kier alpha value is -2.00. The number of nitriles is 2. The second-order valence-corrected chi connectivity index (χ2v) is 1.97. The first-order chi connectivity index (χ1) is 5.86. The Morgan fingerprint density at radius 3 is 2.17 bits per heavy atom. The number of benzene rings is 1. The van der Waals surface area contributed by atoms with Gasteiger partial charge in [0.2, 0.25) is 0 Å². The van der Waals surface area contributed by atoms with Gasteiger partial charge in [-0.3, -0.25) is 0 Å². The molecule has 0 aliphatic heterocycles. The van der Waals surface area contributed by atoms with Gasteiger partial charge in [-0.05, 0) is 12.1 Å². The normalized spacial score (nSPS) is 8.58. The van der Waals surface area contributed by atoms with Crippen LogP contribution in [0.4, 0.5) is 0 Å². The van der Waals surface area contributed by atoms with Crippen molar-refractivity contribution in [2.45, 2.75) is 0 Å². The summed E-state index contributed by atoms with van der Waals surface area (Å²) in [7, 11) is 0. The van der Waals surface area contributed by atoms with Crippen molar-refractivity contribution in [2.75, 3.05) is 0 Å². The van der Waals surface area contributed by atoms with E-state index in [-0.39, 0.29) is 6.10 Å². The Morgan fingerprint density at radius 1 is 1.08 bits per heavy atom. The van der Waals surface area contributed by atoms with Gasteiger partial charge in [0.05, 0.1) is 0 Å². The zero-order valence-electron chi connectivity index (χ0n) is 6.19. The van der Waals surface area contributed by atoms with Crippen LogP contribution in [0.15, 0.2) is 30.3 Å². The number of hydrogen-bond donors (Lipinski definition) is 0. The van der Waals surface area contributed by atoms with Crippen LogP contribution in [-0.2, 0) is 0 Å². The molecule has 3 nitrogen and oxygen atoms in total. The highest BCUT2D eigenvalue weighted by Gasteiger charge is 2.08. The molecule has 1 aromatic rings. The van der Waals surface area contributed by atoms with E-state index in [1.165, 1.54) is 0 Å². The summed E-state index contributed by atoms with van der Waals surface area (Å²) in [5.41, 5.74) is 0. The van der Waals surface area contributed by atoms with Crippen molar-refractivity contribution < 1.29 is 4.74 Å². The molecule has 0 heterocycles. The lowest BCUT2D eigenvalue weighted by atomic mass is 10.3. The van der Waals surface area contributed by atoms with Gasteiger partial charge >= 0.3 is 6.10 Å². The number of ether oxygens (including phenoxy) is 1. The molecule has 1 rings (SSSR count). The van der Waals surface area contributed by atoms with Crippen molar-refractivity contribution in [3.8, 4) is 17.9 Å². The van der Waals surface area contributed by atoms with Gasteiger partial charge in [-0.1, -0.05) is 18.2 Å². The molecule has 0 aliphatic rings. The lowest BCUT2D eigenvalue weighted by Gasteiger charge is -2.01. The summed E-state index contributed by atoms with van der Waals surface area (Å²) < 4.78 is 4.91. The first-order valence-electron chi connectivity index (χ1n) is 3.27. The summed E-state index contributed by atoms with van der Waals surface area (Å²) in [6.07, 6.45) is -0.249. The van der Waals surface area contributed by atoms with E-state index in [4.69, 9.17) is 15.3 Å². The van der Waals surface area contributed by atoms with Crippen molar-refractivity contribution in [2.24, 2.45) is 0 Å². The third-order valence-electron chi connectivity index (χ3n) is 1.17. The quantitative estimate of drug-likeness (QED) is 0.655. The summed E-state index contributed by atoms with van der Waals surface area (Å²) >= 11 is 0. The first kappa shape index (κ1) is 8.10. The van der Waals surface area contributed by atoms with E-state index in [1.54, 1.807) is 36.4 Å². The summed E-state index contributed by atoms with van der Waals surface area (Å²) in [6.45, 7) is 0. The zero-order chi connectivity index (χ0) is 8.81. The lowest BCUT2D eigenvalue weighted by Crippen LogP contribution is -2.00. The van der Waals surface area contributed by atoms with Crippen LogP contribution in [0.5, 0.6) is 5.75 Å². The molecule has 0 unspecified atom stereocenters. The summed E-state index contributed by atoms with van der Waals surface area (Å²) in [4.78, 5) is 0. The molecule has 0 N–H and O–H groups in total. The van der Waals surface area contributed by atoms with Crippen LogP contribution in [0.2, 0.25) is 0 Å². The van der Waals surface area contributed by atoms with E-state index in [2.05, 4.69) is 0 Å². The molecule has 0 bridgehead atoms. The Morgan fingerprint density at radius 2 is 1.67 bits per heavy atom. The molecule has 0 amide bonds. The number of rotatable bonds is 2. The maximum absolute atomic E-state index is 8.35. The highest BCUT2D eigenvalue weighted by molar-refractivity contribution is 5.29. The smallest absolute Gasteiger partial charge is 0.347 e. The van der Waals surface area contributed by atoms with Gasteiger partial charge in [-0.15, -0.1) is 0 Å². The number of hydrogen-bond acceptors (Lipinski definition) is 3. The predicted octanol–water partition coefficient (Wildman–Crippen LogP) is 1.64. The fourth-order valence-corrected chi connectivity index (χ4v) is 0.677. The second kappa shape index (κ2) is 4.00. The van der Waals surface area contributed by atoms with Crippen LogP contribution in [-0.4, -0.2) is 0 Å². The SMILES string of the molecule is N#C[C](C#N)Oc1ccccc1. The molecule has 1 radical (unpaired) electrons. The van der Waals surface area contributed by atoms with Crippen LogP contribution < -0.4 is 4.74 Å². The van der Waals surface area contributed by atoms with Crippen molar-refractivity contribution in [3.05, 3.63) is 36.4 Å². The van der Waals surface area contributed by atoms with Crippen molar-refractivity contribution in [1.82, 2.24) is 0 Å². The molecule has 0 saturated carbocycles. The van der Waals surface area contributed by atoms with Crippen molar-refractivity contribution in [3.63, 3.8) is 0 Å². The Balaban J connectivity index is 2.66. The minimum Gasteiger partial charge on any atom is -0.454 e. The van der Waals surface area contributed by atoms with Gasteiger partial charge in [-0.2, -0.15) is 10.5 Å². The van der Waals surface area contributed by atoms with E-state index >= 15 is 0 Å². The average molecular weight is 157 g/mol. The number of para-hydroxylation sites is 1. The Kier molecular flexibility index (Phi) is 2.70. The monoisotopic (exact) mass is 157 g/mol. The van der Waals surface area contributed by atoms with Crippen LogP contribution in [0.3, 0.4) is 0 Å². The highest BCUT2D eigenvalue weighted by atomic mass is 16.5. The third-order valence-corrected chi connectivity index (χ3v) is 1.17. The van der Waals surface area contributed by atoms with Gasteiger partial charge < -0.3 is 4.74 Å². The van der Waals surface area contributed by atoms with Crippen LogP contribution in [0, 0.1) is 28.8 Å². The predicted molar refractivity (Wildman–Crippen MR) is 41.5 cm³/mol. The van der Waals surface area contributed by atoms with E-state index in [1.807, 2.05) is 6.07 Å². The van der Waals surface area contributed by atoms with Gasteiger partial charge in [0.1, 0.15) is 17.9 Å². The van der Waals surface area contributed by atoms with Crippen LogP contribution in [0.1, 0.15) is 0 Å². The molecule has 0 atom stereocenters. The van der Waals surface area contributed by atoms with Gasteiger partial charge in [0.25, 0.3) is 0 Å². The molecular formula is C9H5N2O. The van der Waals surface area contributed by atoms with Gasteiger partial charge in [0.15, 0.2) is 0 Å². The topological polar surface area (TPSA) is 56.8 Å². The van der Waals surface area contributed by atoms with Crippen LogP contribution >= 0.6 is 0 Å². The molecule has 0 fully saturated rings. The minimum atomic E-state index is -0.249. The molecule has 0 spiro atoms. The largest absolute Gasteiger partial charge is 0.454 e. The number of nitrogens with zero attached hydrogens (tertiary/aromatic N) is 2. The Labute approximate surface area is 70.4 Å². The van der Waals surface area contributed by atoms with E-state index < -0.39 is 0 Å². The molecule has 3 heteroatoms. The average Bonchev–Trinajstić information content (AvgIpc) is 2.16. The fourth-order valence-electron chi connectivity index (χ4n) is 0.677. The van der Waals surface area contributed by atoms with Crippen molar-refractivity contribution >= 4 is 0 Å². The standard InChI is InChI=1S/C9H5N2O/c10-6-9(7-11)12-8-4-2-1-3-5-8/h1-5H. The molecule has 0 saturated heterocycles. The molecular weight excluding hydrogens is 152 g/mol. The molecule has 57 valence electrons. The van der Waals surface area contributed by atoms with Crippen molar-refractivity contribution in [1.29, 1.82) is 10.5 Å². The maximum Gasteiger partial charge on any atom is 0.347 e. The molecule has 1 aromatic carbocycles. The maximum atomic E-state index is 8.35. The molecule has 0 aromatic heterocycles. The van der Waals surface area contributed by atoms with Gasteiger partial charge in [-0.25, -0.2) is 0 Å². The summed E-state index contributed by atoms with van der Waals surface area (Å²) in [6, 6.07) is 12.0.